The summed E-state index contributed by atoms with van der Waals surface area (Å²) in [5.41, 5.74) is 0. The van der Waals surface area contributed by atoms with Crippen LogP contribution >= 0.6 is 0 Å². The first-order chi connectivity index (χ1) is 7.33. The fraction of sp³-hybridized carbons (Fsp3) is 0.800. The highest BCUT2D eigenvalue weighted by Crippen LogP contribution is 2.24. The Morgan fingerprint density at radius 2 is 2.33 bits per heavy atom. The summed E-state index contributed by atoms with van der Waals surface area (Å²) >= 11 is 0. The van der Waals surface area contributed by atoms with Gasteiger partial charge in [-0.15, -0.1) is 0 Å². The van der Waals surface area contributed by atoms with Gasteiger partial charge in [-0.1, -0.05) is 0 Å². The molecule has 1 saturated heterocycles. The van der Waals surface area contributed by atoms with Crippen LogP contribution in [-0.2, 0) is 17.7 Å². The number of aryl methyl sites for hydroxylation is 1. The normalized spacial score (nSPS) is 30.5. The molecule has 2 unspecified atom stereocenters. The Morgan fingerprint density at radius 1 is 1.40 bits per heavy atom. The van der Waals surface area contributed by atoms with Gasteiger partial charge in [-0.05, 0) is 12.8 Å². The summed E-state index contributed by atoms with van der Waals surface area (Å²) in [4.78, 5) is 4.53. The van der Waals surface area contributed by atoms with E-state index >= 15 is 0 Å². The van der Waals surface area contributed by atoms with Crippen LogP contribution in [0.5, 0.6) is 0 Å². The van der Waals surface area contributed by atoms with Gasteiger partial charge in [-0.2, -0.15) is 5.10 Å². The predicted octanol–water partition coefficient (Wildman–Crippen LogP) is 0.0891. The lowest BCUT2D eigenvalue weighted by Gasteiger charge is -2.16. The summed E-state index contributed by atoms with van der Waals surface area (Å²) in [6, 6.07) is 0. The highest BCUT2D eigenvalue weighted by molar-refractivity contribution is 5.03. The van der Waals surface area contributed by atoms with Crippen molar-refractivity contribution < 1.29 is 9.84 Å². The monoisotopic (exact) mass is 209 g/mol. The van der Waals surface area contributed by atoms with E-state index in [0.29, 0.717) is 12.5 Å². The lowest BCUT2D eigenvalue weighted by molar-refractivity contribution is 0.124. The van der Waals surface area contributed by atoms with Gasteiger partial charge in [0.05, 0.1) is 19.3 Å². The Bertz CT molecular complexity index is 358. The van der Waals surface area contributed by atoms with Crippen molar-refractivity contribution in [1.82, 2.24) is 14.8 Å². The zero-order valence-electron chi connectivity index (χ0n) is 8.59. The quantitative estimate of drug-likeness (QED) is 0.712. The molecule has 0 spiro atoms. The van der Waals surface area contributed by atoms with Crippen LogP contribution in [0.4, 0.5) is 0 Å². The Morgan fingerprint density at radius 3 is 3.13 bits per heavy atom. The van der Waals surface area contributed by atoms with Crippen molar-refractivity contribution in [3.8, 4) is 0 Å². The molecule has 15 heavy (non-hydrogen) atoms. The predicted molar refractivity (Wildman–Crippen MR) is 52.5 cm³/mol. The van der Waals surface area contributed by atoms with Gasteiger partial charge in [0.15, 0.2) is 5.82 Å². The maximum absolute atomic E-state index is 9.52. The number of hydrogen-bond acceptors (Lipinski definition) is 4. The lowest BCUT2D eigenvalue weighted by Crippen LogP contribution is -2.25. The van der Waals surface area contributed by atoms with Crippen LogP contribution in [0.1, 0.15) is 30.4 Å². The fourth-order valence-corrected chi connectivity index (χ4v) is 2.22. The summed E-state index contributed by atoms with van der Waals surface area (Å²) in [6.45, 7) is 2.15. The third-order valence-electron chi connectivity index (χ3n) is 3.14. The molecule has 0 aliphatic carbocycles. The van der Waals surface area contributed by atoms with Gasteiger partial charge >= 0.3 is 0 Å². The minimum atomic E-state index is -0.258. The Balaban J connectivity index is 1.85. The third-order valence-corrected chi connectivity index (χ3v) is 3.14. The summed E-state index contributed by atoms with van der Waals surface area (Å²) in [5, 5.41) is 14.0. The number of aliphatic hydroxyl groups is 1. The average Bonchev–Trinajstić information content (AvgIpc) is 2.84. The summed E-state index contributed by atoms with van der Waals surface area (Å²) < 4.78 is 7.18. The first-order valence-electron chi connectivity index (χ1n) is 5.52. The SMILES string of the molecule is OC1CCc2nc(C3CCOC3)nn2C1. The van der Waals surface area contributed by atoms with E-state index in [4.69, 9.17) is 4.74 Å². The van der Waals surface area contributed by atoms with Gasteiger partial charge in [0, 0.05) is 18.9 Å². The molecular formula is C10H15N3O2. The molecule has 82 valence electrons. The van der Waals surface area contributed by atoms with Crippen LogP contribution in [0.3, 0.4) is 0 Å². The second kappa shape index (κ2) is 3.57. The van der Waals surface area contributed by atoms with Crippen LogP contribution in [-0.4, -0.2) is 39.2 Å². The van der Waals surface area contributed by atoms with Crippen molar-refractivity contribution in [3.63, 3.8) is 0 Å². The number of nitrogens with zero attached hydrogens (tertiary/aromatic N) is 3. The van der Waals surface area contributed by atoms with E-state index < -0.39 is 0 Å². The average molecular weight is 209 g/mol. The first-order valence-corrected chi connectivity index (χ1v) is 5.52. The summed E-state index contributed by atoms with van der Waals surface area (Å²) in [7, 11) is 0. The van der Waals surface area contributed by atoms with Crippen molar-refractivity contribution in [3.05, 3.63) is 11.6 Å². The molecular weight excluding hydrogens is 194 g/mol. The maximum Gasteiger partial charge on any atom is 0.156 e. The van der Waals surface area contributed by atoms with Crippen molar-refractivity contribution in [2.75, 3.05) is 13.2 Å². The molecule has 1 aromatic heterocycles. The number of rotatable bonds is 1. The van der Waals surface area contributed by atoms with Crippen molar-refractivity contribution >= 4 is 0 Å². The van der Waals surface area contributed by atoms with Crippen molar-refractivity contribution in [2.24, 2.45) is 0 Å². The molecule has 2 aliphatic heterocycles. The van der Waals surface area contributed by atoms with E-state index in [1.54, 1.807) is 0 Å². The molecule has 1 fully saturated rings. The van der Waals surface area contributed by atoms with Crippen LogP contribution in [0.2, 0.25) is 0 Å². The highest BCUT2D eigenvalue weighted by Gasteiger charge is 2.26. The summed E-state index contributed by atoms with van der Waals surface area (Å²) in [6.07, 6.45) is 2.40. The molecule has 2 aliphatic rings. The van der Waals surface area contributed by atoms with Gasteiger partial charge in [0.25, 0.3) is 0 Å². The minimum absolute atomic E-state index is 0.258. The molecule has 1 N–H and O–H groups in total. The van der Waals surface area contributed by atoms with E-state index in [-0.39, 0.29) is 6.10 Å². The molecule has 0 saturated carbocycles. The van der Waals surface area contributed by atoms with E-state index in [0.717, 1.165) is 44.1 Å². The zero-order chi connectivity index (χ0) is 10.3. The van der Waals surface area contributed by atoms with Gasteiger partial charge < -0.3 is 9.84 Å². The molecule has 3 rings (SSSR count). The van der Waals surface area contributed by atoms with Crippen LogP contribution < -0.4 is 0 Å². The van der Waals surface area contributed by atoms with Crippen LogP contribution in [0, 0.1) is 0 Å². The molecule has 0 bridgehead atoms. The molecule has 0 radical (unpaired) electrons. The van der Waals surface area contributed by atoms with E-state index in [1.807, 2.05) is 4.68 Å². The number of fused-ring (bicyclic) bond motifs is 1. The minimum Gasteiger partial charge on any atom is -0.391 e. The fourth-order valence-electron chi connectivity index (χ4n) is 2.22. The number of ether oxygens (including phenoxy) is 1. The second-order valence-corrected chi connectivity index (χ2v) is 4.32. The molecule has 2 atom stereocenters. The van der Waals surface area contributed by atoms with Gasteiger partial charge in [-0.25, -0.2) is 9.67 Å². The number of aromatic nitrogens is 3. The zero-order valence-corrected chi connectivity index (χ0v) is 8.59. The van der Waals surface area contributed by atoms with Gasteiger partial charge in [0.2, 0.25) is 0 Å². The Kier molecular flexibility index (Phi) is 2.21. The molecule has 1 aromatic rings. The summed E-state index contributed by atoms with van der Waals surface area (Å²) in [5.74, 6) is 2.28. The number of aliphatic hydroxyl groups excluding tert-OH is 1. The highest BCUT2D eigenvalue weighted by atomic mass is 16.5. The van der Waals surface area contributed by atoms with Gasteiger partial charge in [0.1, 0.15) is 5.82 Å². The molecule has 0 amide bonds. The number of hydrogen-bond donors (Lipinski definition) is 1. The van der Waals surface area contributed by atoms with Crippen molar-refractivity contribution in [2.45, 2.75) is 37.8 Å². The van der Waals surface area contributed by atoms with Crippen LogP contribution in [0.15, 0.2) is 0 Å². The first kappa shape index (κ1) is 9.30. The molecule has 0 aromatic carbocycles. The van der Waals surface area contributed by atoms with E-state index in [1.165, 1.54) is 0 Å². The maximum atomic E-state index is 9.52. The Labute approximate surface area is 88.1 Å². The van der Waals surface area contributed by atoms with Gasteiger partial charge in [-0.3, -0.25) is 0 Å². The molecule has 5 heteroatoms. The second-order valence-electron chi connectivity index (χ2n) is 4.32. The standard InChI is InChI=1S/C10H15N3O2/c14-8-1-2-9-11-10(12-13(9)5-8)7-3-4-15-6-7/h7-8,14H,1-6H2. The van der Waals surface area contributed by atoms with Crippen molar-refractivity contribution in [1.29, 1.82) is 0 Å². The molecule has 5 nitrogen and oxygen atoms in total. The third kappa shape index (κ3) is 1.66. The molecule has 3 heterocycles. The van der Waals surface area contributed by atoms with E-state index in [9.17, 15) is 5.11 Å². The lowest BCUT2D eigenvalue weighted by atomic mass is 10.1. The largest absolute Gasteiger partial charge is 0.391 e. The van der Waals surface area contributed by atoms with E-state index in [2.05, 4.69) is 10.1 Å². The van der Waals surface area contributed by atoms with Crippen LogP contribution in [0.25, 0.3) is 0 Å². The Hall–Kier alpha value is -0.940. The topological polar surface area (TPSA) is 60.2 Å². The smallest absolute Gasteiger partial charge is 0.156 e.